The Labute approximate surface area is 91.6 Å². The summed E-state index contributed by atoms with van der Waals surface area (Å²) in [5.74, 6) is 0. The molecule has 1 N–H and O–H groups in total. The maximum absolute atomic E-state index is 5.34. The van der Waals surface area contributed by atoms with Crippen LogP contribution in [0.3, 0.4) is 0 Å². The second-order valence-corrected chi connectivity index (χ2v) is 4.63. The van der Waals surface area contributed by atoms with Gasteiger partial charge in [-0.3, -0.25) is 0 Å². The lowest BCUT2D eigenvalue weighted by atomic mass is 9.80. The standard InChI is InChI=1S/C13H19NO/c1-13(10-15-2)8-9-14-12(13)11-6-4-3-5-7-11/h3-7,12,14H,8-10H2,1-2H3. The number of hydrogen-bond acceptors (Lipinski definition) is 2. The van der Waals surface area contributed by atoms with Gasteiger partial charge in [-0.1, -0.05) is 37.3 Å². The van der Waals surface area contributed by atoms with Crippen LogP contribution in [0.4, 0.5) is 0 Å². The normalized spacial score (nSPS) is 30.7. The van der Waals surface area contributed by atoms with E-state index in [1.807, 2.05) is 0 Å². The Bertz CT molecular complexity index is 312. The van der Waals surface area contributed by atoms with Crippen molar-refractivity contribution in [2.75, 3.05) is 20.3 Å². The number of hydrogen-bond donors (Lipinski definition) is 1. The molecule has 0 aromatic heterocycles. The van der Waals surface area contributed by atoms with Crippen LogP contribution in [0.2, 0.25) is 0 Å². The smallest absolute Gasteiger partial charge is 0.0534 e. The van der Waals surface area contributed by atoms with Crippen molar-refractivity contribution in [3.05, 3.63) is 35.9 Å². The minimum absolute atomic E-state index is 0.232. The van der Waals surface area contributed by atoms with Crippen LogP contribution in [0.5, 0.6) is 0 Å². The first-order valence-corrected chi connectivity index (χ1v) is 5.53. The van der Waals surface area contributed by atoms with Gasteiger partial charge in [0.05, 0.1) is 6.61 Å². The molecule has 0 radical (unpaired) electrons. The van der Waals surface area contributed by atoms with E-state index < -0.39 is 0 Å². The third kappa shape index (κ3) is 2.06. The summed E-state index contributed by atoms with van der Waals surface area (Å²) in [4.78, 5) is 0. The quantitative estimate of drug-likeness (QED) is 0.818. The van der Waals surface area contributed by atoms with Gasteiger partial charge in [-0.05, 0) is 18.5 Å². The number of methoxy groups -OCH3 is 1. The van der Waals surface area contributed by atoms with Crippen molar-refractivity contribution < 1.29 is 4.74 Å². The lowest BCUT2D eigenvalue weighted by molar-refractivity contribution is 0.0821. The minimum Gasteiger partial charge on any atom is -0.384 e. The Morgan fingerprint density at radius 3 is 2.80 bits per heavy atom. The highest BCUT2D eigenvalue weighted by Crippen LogP contribution is 2.40. The van der Waals surface area contributed by atoms with Crippen molar-refractivity contribution in [3.63, 3.8) is 0 Å². The molecule has 2 nitrogen and oxygen atoms in total. The molecule has 1 aliphatic rings. The third-order valence-corrected chi connectivity index (χ3v) is 3.35. The van der Waals surface area contributed by atoms with Crippen LogP contribution in [0, 0.1) is 5.41 Å². The van der Waals surface area contributed by atoms with E-state index in [1.165, 1.54) is 12.0 Å². The molecule has 1 aromatic rings. The molecular formula is C13H19NO. The Hall–Kier alpha value is -0.860. The highest BCUT2D eigenvalue weighted by atomic mass is 16.5. The molecule has 1 aliphatic heterocycles. The van der Waals surface area contributed by atoms with Gasteiger partial charge in [0.1, 0.15) is 0 Å². The predicted molar refractivity (Wildman–Crippen MR) is 61.8 cm³/mol. The van der Waals surface area contributed by atoms with Gasteiger partial charge >= 0.3 is 0 Å². The van der Waals surface area contributed by atoms with Gasteiger partial charge in [0, 0.05) is 18.6 Å². The number of rotatable bonds is 3. The summed E-state index contributed by atoms with van der Waals surface area (Å²) in [7, 11) is 1.78. The van der Waals surface area contributed by atoms with E-state index in [0.717, 1.165) is 13.2 Å². The first-order valence-electron chi connectivity index (χ1n) is 5.53. The summed E-state index contributed by atoms with van der Waals surface area (Å²) in [5.41, 5.74) is 1.60. The molecule has 1 fully saturated rings. The fourth-order valence-electron chi connectivity index (χ4n) is 2.54. The molecule has 0 aliphatic carbocycles. The zero-order valence-corrected chi connectivity index (χ0v) is 9.49. The molecule has 0 bridgehead atoms. The van der Waals surface area contributed by atoms with E-state index in [2.05, 4.69) is 42.6 Å². The molecule has 0 amide bonds. The summed E-state index contributed by atoms with van der Waals surface area (Å²) in [6, 6.07) is 11.1. The van der Waals surface area contributed by atoms with Crippen LogP contribution >= 0.6 is 0 Å². The van der Waals surface area contributed by atoms with E-state index >= 15 is 0 Å². The lowest BCUT2D eigenvalue weighted by Crippen LogP contribution is -2.30. The molecule has 1 heterocycles. The molecule has 2 heteroatoms. The van der Waals surface area contributed by atoms with Crippen molar-refractivity contribution in [2.45, 2.75) is 19.4 Å². The van der Waals surface area contributed by atoms with Crippen molar-refractivity contribution >= 4 is 0 Å². The Balaban J connectivity index is 2.21. The largest absolute Gasteiger partial charge is 0.384 e. The number of nitrogens with one attached hydrogen (secondary N) is 1. The fourth-order valence-corrected chi connectivity index (χ4v) is 2.54. The van der Waals surface area contributed by atoms with E-state index in [9.17, 15) is 0 Å². The highest BCUT2D eigenvalue weighted by molar-refractivity contribution is 5.22. The molecule has 2 rings (SSSR count). The lowest BCUT2D eigenvalue weighted by Gasteiger charge is -2.30. The van der Waals surface area contributed by atoms with Crippen molar-refractivity contribution in [3.8, 4) is 0 Å². The van der Waals surface area contributed by atoms with Crippen molar-refractivity contribution in [1.29, 1.82) is 0 Å². The first-order chi connectivity index (χ1) is 7.26. The van der Waals surface area contributed by atoms with Gasteiger partial charge in [-0.25, -0.2) is 0 Å². The van der Waals surface area contributed by atoms with Gasteiger partial charge in [0.25, 0.3) is 0 Å². The summed E-state index contributed by atoms with van der Waals surface area (Å²) >= 11 is 0. The zero-order valence-electron chi connectivity index (χ0n) is 9.49. The average Bonchev–Trinajstić information content (AvgIpc) is 2.62. The maximum Gasteiger partial charge on any atom is 0.0534 e. The van der Waals surface area contributed by atoms with E-state index in [4.69, 9.17) is 4.74 Å². The summed E-state index contributed by atoms with van der Waals surface area (Å²) in [5, 5.41) is 3.57. The summed E-state index contributed by atoms with van der Waals surface area (Å²) < 4.78 is 5.34. The topological polar surface area (TPSA) is 21.3 Å². The monoisotopic (exact) mass is 205 g/mol. The summed E-state index contributed by atoms with van der Waals surface area (Å²) in [6.45, 7) is 4.20. The highest BCUT2D eigenvalue weighted by Gasteiger charge is 2.39. The Morgan fingerprint density at radius 2 is 2.13 bits per heavy atom. The van der Waals surface area contributed by atoms with E-state index in [-0.39, 0.29) is 5.41 Å². The predicted octanol–water partition coefficient (Wildman–Crippen LogP) is 2.37. The van der Waals surface area contributed by atoms with E-state index in [0.29, 0.717) is 6.04 Å². The van der Waals surface area contributed by atoms with Crippen LogP contribution in [-0.4, -0.2) is 20.3 Å². The SMILES string of the molecule is COCC1(C)CCNC1c1ccccc1. The van der Waals surface area contributed by atoms with Crippen molar-refractivity contribution in [2.24, 2.45) is 5.41 Å². The van der Waals surface area contributed by atoms with Gasteiger partial charge in [0.2, 0.25) is 0 Å². The van der Waals surface area contributed by atoms with Crippen LogP contribution in [0.15, 0.2) is 30.3 Å². The first kappa shape index (κ1) is 10.7. The minimum atomic E-state index is 0.232. The second-order valence-electron chi connectivity index (χ2n) is 4.63. The molecule has 2 unspecified atom stereocenters. The number of ether oxygens (including phenoxy) is 1. The molecule has 0 saturated carbocycles. The second kappa shape index (κ2) is 4.33. The van der Waals surface area contributed by atoms with Gasteiger partial charge in [-0.15, -0.1) is 0 Å². The fraction of sp³-hybridized carbons (Fsp3) is 0.538. The van der Waals surface area contributed by atoms with Crippen LogP contribution in [0.25, 0.3) is 0 Å². The van der Waals surface area contributed by atoms with Crippen LogP contribution in [0.1, 0.15) is 24.9 Å². The maximum atomic E-state index is 5.34. The Morgan fingerprint density at radius 1 is 1.40 bits per heavy atom. The van der Waals surface area contributed by atoms with Gasteiger partial charge in [0.15, 0.2) is 0 Å². The van der Waals surface area contributed by atoms with Gasteiger partial charge in [-0.2, -0.15) is 0 Å². The summed E-state index contributed by atoms with van der Waals surface area (Å²) in [6.07, 6.45) is 1.18. The third-order valence-electron chi connectivity index (χ3n) is 3.35. The van der Waals surface area contributed by atoms with Crippen LogP contribution in [-0.2, 0) is 4.74 Å². The number of benzene rings is 1. The zero-order chi connectivity index (χ0) is 10.7. The van der Waals surface area contributed by atoms with Crippen molar-refractivity contribution in [1.82, 2.24) is 5.32 Å². The van der Waals surface area contributed by atoms with Crippen LogP contribution < -0.4 is 5.32 Å². The average molecular weight is 205 g/mol. The molecular weight excluding hydrogens is 186 g/mol. The molecule has 15 heavy (non-hydrogen) atoms. The van der Waals surface area contributed by atoms with Gasteiger partial charge < -0.3 is 10.1 Å². The molecule has 82 valence electrons. The molecule has 1 saturated heterocycles. The molecule has 0 spiro atoms. The molecule has 2 atom stereocenters. The van der Waals surface area contributed by atoms with E-state index in [1.54, 1.807) is 7.11 Å². The Kier molecular flexibility index (Phi) is 3.08. The molecule has 1 aromatic carbocycles.